The predicted molar refractivity (Wildman–Crippen MR) is 111 cm³/mol. The number of hydrogen-bond acceptors (Lipinski definition) is 5. The highest BCUT2D eigenvalue weighted by atomic mass is 16.5. The number of carbonyl (C=O) groups excluding carboxylic acids is 2. The fraction of sp³-hybridized carbons (Fsp3) is 0.273. The molecule has 0 aliphatic heterocycles. The number of para-hydroxylation sites is 1. The number of aryl methyl sites for hydroxylation is 1. The molecular weight excluding hydrogens is 404 g/mol. The van der Waals surface area contributed by atoms with Crippen LogP contribution in [0.15, 0.2) is 54.6 Å². The number of amides is 2. The lowest BCUT2D eigenvalue weighted by atomic mass is 10.1. The van der Waals surface area contributed by atoms with Crippen LogP contribution < -0.4 is 15.4 Å². The molecule has 164 valence electrons. The van der Waals surface area contributed by atoms with Crippen molar-refractivity contribution in [3.63, 3.8) is 0 Å². The molecule has 2 aromatic carbocycles. The van der Waals surface area contributed by atoms with Gasteiger partial charge in [0.15, 0.2) is 6.61 Å². The van der Waals surface area contributed by atoms with E-state index in [9.17, 15) is 24.3 Å². The lowest BCUT2D eigenvalue weighted by Gasteiger charge is -2.20. The molecule has 31 heavy (non-hydrogen) atoms. The number of carboxylic acid groups (broad SMARTS) is 2. The van der Waals surface area contributed by atoms with Gasteiger partial charge >= 0.3 is 11.9 Å². The molecule has 0 bridgehead atoms. The van der Waals surface area contributed by atoms with Gasteiger partial charge in [0.2, 0.25) is 5.91 Å². The molecule has 0 heterocycles. The monoisotopic (exact) mass is 428 g/mol. The third-order valence-corrected chi connectivity index (χ3v) is 4.38. The maximum Gasteiger partial charge on any atom is 0.326 e. The first-order valence-electron chi connectivity index (χ1n) is 9.53. The van der Waals surface area contributed by atoms with E-state index in [-0.39, 0.29) is 6.42 Å². The zero-order chi connectivity index (χ0) is 22.8. The third kappa shape index (κ3) is 7.81. The Labute approximate surface area is 179 Å². The summed E-state index contributed by atoms with van der Waals surface area (Å²) in [6, 6.07) is 12.9. The zero-order valence-electron chi connectivity index (χ0n) is 16.9. The molecule has 0 saturated heterocycles. The molecule has 2 aromatic rings. The van der Waals surface area contributed by atoms with Gasteiger partial charge in [-0.2, -0.15) is 0 Å². The molecular formula is C22H24N2O7. The van der Waals surface area contributed by atoms with Crippen LogP contribution in [-0.2, 0) is 25.6 Å². The van der Waals surface area contributed by atoms with E-state index in [1.165, 1.54) is 0 Å². The van der Waals surface area contributed by atoms with E-state index in [2.05, 4.69) is 10.6 Å². The average molecular weight is 428 g/mol. The number of ether oxygens (including phenoxy) is 1. The summed E-state index contributed by atoms with van der Waals surface area (Å²) in [4.78, 5) is 47.5. The van der Waals surface area contributed by atoms with Crippen LogP contribution in [0.4, 0.5) is 0 Å². The second kappa shape index (κ2) is 11.3. The van der Waals surface area contributed by atoms with Gasteiger partial charge in [-0.3, -0.25) is 14.4 Å². The van der Waals surface area contributed by atoms with Gasteiger partial charge in [0.1, 0.15) is 17.8 Å². The van der Waals surface area contributed by atoms with E-state index < -0.39 is 48.9 Å². The molecule has 0 radical (unpaired) electrons. The second-order valence-corrected chi connectivity index (χ2v) is 6.86. The molecule has 0 spiro atoms. The highest BCUT2D eigenvalue weighted by Crippen LogP contribution is 2.15. The fourth-order valence-electron chi connectivity index (χ4n) is 2.80. The molecule has 9 heteroatoms. The Hall–Kier alpha value is -3.88. The lowest BCUT2D eigenvalue weighted by Crippen LogP contribution is -2.53. The third-order valence-electron chi connectivity index (χ3n) is 4.38. The second-order valence-electron chi connectivity index (χ2n) is 6.86. The summed E-state index contributed by atoms with van der Waals surface area (Å²) in [6.45, 7) is 1.37. The maximum atomic E-state index is 12.6. The number of benzene rings is 2. The number of aliphatic carboxylic acids is 2. The first-order chi connectivity index (χ1) is 14.8. The van der Waals surface area contributed by atoms with Crippen molar-refractivity contribution in [2.24, 2.45) is 0 Å². The number of carbonyl (C=O) groups is 4. The van der Waals surface area contributed by atoms with Crippen LogP contribution in [0.3, 0.4) is 0 Å². The van der Waals surface area contributed by atoms with E-state index in [1.54, 1.807) is 55.5 Å². The summed E-state index contributed by atoms with van der Waals surface area (Å²) in [5.41, 5.74) is 1.49. The summed E-state index contributed by atoms with van der Waals surface area (Å²) >= 11 is 0. The SMILES string of the molecule is Cc1ccccc1OCC(=O)N[C@@H](CC(=O)O)C(=O)N[C@@H](Cc1ccccc1)C(=O)O. The molecule has 0 fully saturated rings. The molecule has 2 amide bonds. The number of nitrogens with one attached hydrogen (secondary N) is 2. The highest BCUT2D eigenvalue weighted by Gasteiger charge is 2.28. The van der Waals surface area contributed by atoms with E-state index in [0.717, 1.165) is 5.56 Å². The van der Waals surface area contributed by atoms with E-state index in [1.807, 2.05) is 6.07 Å². The van der Waals surface area contributed by atoms with Gasteiger partial charge in [0.05, 0.1) is 6.42 Å². The van der Waals surface area contributed by atoms with Gasteiger partial charge in [0.25, 0.3) is 5.91 Å². The Kier molecular flexibility index (Phi) is 8.56. The Morgan fingerprint density at radius 3 is 2.16 bits per heavy atom. The molecule has 9 nitrogen and oxygen atoms in total. The first-order valence-corrected chi connectivity index (χ1v) is 9.53. The van der Waals surface area contributed by atoms with Gasteiger partial charge in [-0.1, -0.05) is 48.5 Å². The van der Waals surface area contributed by atoms with Crippen LogP contribution in [0.5, 0.6) is 5.75 Å². The topological polar surface area (TPSA) is 142 Å². The van der Waals surface area contributed by atoms with Crippen LogP contribution in [0, 0.1) is 6.92 Å². The normalized spacial score (nSPS) is 12.3. The van der Waals surface area contributed by atoms with Gasteiger partial charge in [0, 0.05) is 6.42 Å². The summed E-state index contributed by atoms with van der Waals surface area (Å²) in [5.74, 6) is -3.74. The van der Waals surface area contributed by atoms with Crippen molar-refractivity contribution in [2.75, 3.05) is 6.61 Å². The molecule has 0 aromatic heterocycles. The minimum absolute atomic E-state index is 0.00600. The van der Waals surface area contributed by atoms with Crippen molar-refractivity contribution >= 4 is 23.8 Å². The average Bonchev–Trinajstić information content (AvgIpc) is 2.72. The minimum atomic E-state index is -1.46. The largest absolute Gasteiger partial charge is 0.484 e. The molecule has 0 aliphatic carbocycles. The molecule has 0 aliphatic rings. The molecule has 0 saturated carbocycles. The van der Waals surface area contributed by atoms with Gasteiger partial charge in [-0.15, -0.1) is 0 Å². The van der Waals surface area contributed by atoms with Crippen LogP contribution in [0.1, 0.15) is 17.5 Å². The molecule has 0 unspecified atom stereocenters. The van der Waals surface area contributed by atoms with Crippen molar-refractivity contribution in [3.8, 4) is 5.75 Å². The minimum Gasteiger partial charge on any atom is -0.484 e. The summed E-state index contributed by atoms with van der Waals surface area (Å²) < 4.78 is 5.40. The van der Waals surface area contributed by atoms with Crippen LogP contribution in [-0.4, -0.2) is 52.7 Å². The van der Waals surface area contributed by atoms with E-state index >= 15 is 0 Å². The maximum absolute atomic E-state index is 12.6. The summed E-state index contributed by atoms with van der Waals surface area (Å²) in [7, 11) is 0. The van der Waals surface area contributed by atoms with Gasteiger partial charge in [-0.05, 0) is 24.1 Å². The lowest BCUT2D eigenvalue weighted by molar-refractivity contribution is -0.143. The molecule has 2 rings (SSSR count). The van der Waals surface area contributed by atoms with Crippen molar-refractivity contribution in [1.82, 2.24) is 10.6 Å². The van der Waals surface area contributed by atoms with Crippen LogP contribution in [0.25, 0.3) is 0 Å². The van der Waals surface area contributed by atoms with Gasteiger partial charge < -0.3 is 25.6 Å². The standard InChI is InChI=1S/C22H24N2O7/c1-14-7-5-6-10-18(14)31-13-19(25)23-16(12-20(26)27)21(28)24-17(22(29)30)11-15-8-3-2-4-9-15/h2-10,16-17H,11-13H2,1H3,(H,23,25)(H,24,28)(H,26,27)(H,29,30)/t16-,17-/m0/s1. The van der Waals surface area contributed by atoms with Crippen LogP contribution in [0.2, 0.25) is 0 Å². The predicted octanol–water partition coefficient (Wildman–Crippen LogP) is 1.15. The van der Waals surface area contributed by atoms with Crippen LogP contribution >= 0.6 is 0 Å². The number of hydrogen-bond donors (Lipinski definition) is 4. The first kappa shape index (κ1) is 23.4. The Balaban J connectivity index is 2.01. The quantitative estimate of drug-likeness (QED) is 0.420. The fourth-order valence-corrected chi connectivity index (χ4v) is 2.80. The van der Waals surface area contributed by atoms with Crippen molar-refractivity contribution in [1.29, 1.82) is 0 Å². The molecule has 4 N–H and O–H groups in total. The Bertz CT molecular complexity index is 930. The smallest absolute Gasteiger partial charge is 0.326 e. The van der Waals surface area contributed by atoms with Crippen molar-refractivity contribution < 1.29 is 34.1 Å². The van der Waals surface area contributed by atoms with Gasteiger partial charge in [-0.25, -0.2) is 4.79 Å². The Morgan fingerprint density at radius 1 is 0.903 bits per heavy atom. The van der Waals surface area contributed by atoms with E-state index in [0.29, 0.717) is 11.3 Å². The molecule has 2 atom stereocenters. The Morgan fingerprint density at radius 2 is 1.55 bits per heavy atom. The highest BCUT2D eigenvalue weighted by molar-refractivity contribution is 5.93. The summed E-state index contributed by atoms with van der Waals surface area (Å²) in [6.07, 6.45) is -0.703. The number of rotatable bonds is 11. The zero-order valence-corrected chi connectivity index (χ0v) is 16.9. The summed E-state index contributed by atoms with van der Waals surface area (Å²) in [5, 5.41) is 23.1. The number of carboxylic acids is 2. The van der Waals surface area contributed by atoms with Crippen molar-refractivity contribution in [2.45, 2.75) is 31.8 Å². The van der Waals surface area contributed by atoms with Crippen molar-refractivity contribution in [3.05, 3.63) is 65.7 Å². The van der Waals surface area contributed by atoms with E-state index in [4.69, 9.17) is 9.84 Å².